The van der Waals surface area contributed by atoms with Crippen molar-refractivity contribution < 1.29 is 9.47 Å². The number of hydrogen-bond donors (Lipinski definition) is 2. The number of benzene rings is 1. The molecule has 122 valence electrons. The van der Waals surface area contributed by atoms with Crippen molar-refractivity contribution in [3.05, 3.63) is 22.2 Å². The molecule has 2 rings (SSSR count). The fraction of sp³-hybridized carbons (Fsp3) is 0.562. The van der Waals surface area contributed by atoms with Crippen LogP contribution in [0.25, 0.3) is 0 Å². The van der Waals surface area contributed by atoms with E-state index in [1.54, 1.807) is 14.2 Å². The van der Waals surface area contributed by atoms with Crippen LogP contribution in [0.15, 0.2) is 21.6 Å². The lowest BCUT2D eigenvalue weighted by atomic mass is 10.2. The van der Waals surface area contributed by atoms with Crippen molar-refractivity contribution in [2.75, 3.05) is 20.8 Å². The number of rotatable bonds is 6. The van der Waals surface area contributed by atoms with Crippen LogP contribution in [0.5, 0.6) is 11.5 Å². The first-order valence-electron chi connectivity index (χ1n) is 7.54. The Kier molecular flexibility index (Phi) is 5.94. The van der Waals surface area contributed by atoms with E-state index in [0.29, 0.717) is 24.1 Å². The number of nitrogens with one attached hydrogen (secondary N) is 2. The lowest BCUT2D eigenvalue weighted by Crippen LogP contribution is -2.39. The Balaban J connectivity index is 2.11. The number of nitrogens with zero attached hydrogens (tertiary/aromatic N) is 1. The molecule has 1 aromatic carbocycles. The minimum atomic E-state index is 0.548. The molecule has 0 aromatic heterocycles. The third-order valence-electron chi connectivity index (χ3n) is 3.74. The summed E-state index contributed by atoms with van der Waals surface area (Å²) in [6, 6.07) is 4.41. The maximum atomic E-state index is 5.35. The summed E-state index contributed by atoms with van der Waals surface area (Å²) in [5.41, 5.74) is 1.05. The van der Waals surface area contributed by atoms with Gasteiger partial charge in [0, 0.05) is 17.1 Å². The van der Waals surface area contributed by atoms with Gasteiger partial charge in [-0.1, -0.05) is 22.9 Å². The van der Waals surface area contributed by atoms with Gasteiger partial charge in [0.2, 0.25) is 0 Å². The molecule has 2 N–H and O–H groups in total. The minimum absolute atomic E-state index is 0.548. The van der Waals surface area contributed by atoms with Crippen molar-refractivity contribution in [2.24, 2.45) is 10.9 Å². The van der Waals surface area contributed by atoms with E-state index in [0.717, 1.165) is 28.5 Å². The number of ether oxygens (including phenoxy) is 2. The highest BCUT2D eigenvalue weighted by Crippen LogP contribution is 2.33. The zero-order chi connectivity index (χ0) is 16.1. The molecule has 0 amide bonds. The zero-order valence-electron chi connectivity index (χ0n) is 13.6. The highest BCUT2D eigenvalue weighted by atomic mass is 79.9. The fourth-order valence-electron chi connectivity index (χ4n) is 2.20. The van der Waals surface area contributed by atoms with Crippen LogP contribution >= 0.6 is 15.9 Å². The SMILES string of the molecule is CCNC(=NCc1cc(OC)c(OC)cc1Br)NC1CC1C. The second-order valence-electron chi connectivity index (χ2n) is 5.46. The molecule has 0 aliphatic heterocycles. The van der Waals surface area contributed by atoms with Gasteiger partial charge in [0.1, 0.15) is 0 Å². The van der Waals surface area contributed by atoms with E-state index >= 15 is 0 Å². The topological polar surface area (TPSA) is 54.9 Å². The van der Waals surface area contributed by atoms with Gasteiger partial charge < -0.3 is 20.1 Å². The molecule has 6 heteroatoms. The average molecular weight is 370 g/mol. The predicted molar refractivity (Wildman–Crippen MR) is 92.8 cm³/mol. The van der Waals surface area contributed by atoms with E-state index in [-0.39, 0.29) is 0 Å². The van der Waals surface area contributed by atoms with Gasteiger partial charge in [-0.25, -0.2) is 4.99 Å². The lowest BCUT2D eigenvalue weighted by Gasteiger charge is -2.13. The Morgan fingerprint density at radius 3 is 2.50 bits per heavy atom. The summed E-state index contributed by atoms with van der Waals surface area (Å²) >= 11 is 3.57. The number of guanidine groups is 1. The largest absolute Gasteiger partial charge is 0.493 e. The smallest absolute Gasteiger partial charge is 0.191 e. The van der Waals surface area contributed by atoms with Gasteiger partial charge in [0.25, 0.3) is 0 Å². The van der Waals surface area contributed by atoms with Crippen molar-refractivity contribution in [1.29, 1.82) is 0 Å². The van der Waals surface area contributed by atoms with E-state index in [4.69, 9.17) is 9.47 Å². The molecule has 1 aromatic rings. The molecule has 0 saturated heterocycles. The third kappa shape index (κ3) is 4.29. The Bertz CT molecular complexity index is 548. The molecular weight excluding hydrogens is 346 g/mol. The maximum Gasteiger partial charge on any atom is 0.191 e. The van der Waals surface area contributed by atoms with Crippen molar-refractivity contribution >= 4 is 21.9 Å². The highest BCUT2D eigenvalue weighted by Gasteiger charge is 2.33. The van der Waals surface area contributed by atoms with Gasteiger partial charge in [-0.3, -0.25) is 0 Å². The van der Waals surface area contributed by atoms with Crippen LogP contribution < -0.4 is 20.1 Å². The van der Waals surface area contributed by atoms with Crippen LogP contribution in [0.3, 0.4) is 0 Å². The average Bonchev–Trinajstić information content (AvgIpc) is 3.20. The molecule has 0 spiro atoms. The van der Waals surface area contributed by atoms with Gasteiger partial charge >= 0.3 is 0 Å². The van der Waals surface area contributed by atoms with Crippen molar-refractivity contribution in [3.63, 3.8) is 0 Å². The number of hydrogen-bond acceptors (Lipinski definition) is 3. The van der Waals surface area contributed by atoms with Crippen LogP contribution in [-0.4, -0.2) is 32.8 Å². The Morgan fingerprint density at radius 2 is 1.95 bits per heavy atom. The molecule has 2 atom stereocenters. The van der Waals surface area contributed by atoms with Crippen LogP contribution in [0, 0.1) is 5.92 Å². The third-order valence-corrected chi connectivity index (χ3v) is 4.47. The second kappa shape index (κ2) is 7.72. The first-order valence-corrected chi connectivity index (χ1v) is 8.33. The van der Waals surface area contributed by atoms with E-state index in [1.807, 2.05) is 12.1 Å². The van der Waals surface area contributed by atoms with E-state index in [9.17, 15) is 0 Å². The predicted octanol–water partition coefficient (Wildman–Crippen LogP) is 2.93. The standard InChI is InChI=1S/C16H24BrN3O2/c1-5-18-16(20-13-6-10(13)2)19-9-11-7-14(21-3)15(22-4)8-12(11)17/h7-8,10,13H,5-6,9H2,1-4H3,(H2,18,19,20). The quantitative estimate of drug-likeness (QED) is 0.597. The van der Waals surface area contributed by atoms with E-state index in [1.165, 1.54) is 6.42 Å². The van der Waals surface area contributed by atoms with Crippen LogP contribution in [0.4, 0.5) is 0 Å². The van der Waals surface area contributed by atoms with E-state index < -0.39 is 0 Å². The Labute approximate surface area is 140 Å². The Morgan fingerprint density at radius 1 is 1.32 bits per heavy atom. The summed E-state index contributed by atoms with van der Waals surface area (Å²) in [6.45, 7) is 5.73. The molecule has 1 saturated carbocycles. The molecule has 22 heavy (non-hydrogen) atoms. The van der Waals surface area contributed by atoms with Gasteiger partial charge in [0.15, 0.2) is 17.5 Å². The van der Waals surface area contributed by atoms with Crippen LogP contribution in [-0.2, 0) is 6.54 Å². The molecule has 0 heterocycles. The summed E-state index contributed by atoms with van der Waals surface area (Å²) in [7, 11) is 3.27. The molecule has 0 radical (unpaired) electrons. The summed E-state index contributed by atoms with van der Waals surface area (Å²) in [6.07, 6.45) is 1.21. The molecular formula is C16H24BrN3O2. The highest BCUT2D eigenvalue weighted by molar-refractivity contribution is 9.10. The zero-order valence-corrected chi connectivity index (χ0v) is 15.2. The van der Waals surface area contributed by atoms with Crippen LogP contribution in [0.1, 0.15) is 25.8 Å². The normalized spacial score (nSPS) is 20.5. The fourth-order valence-corrected chi connectivity index (χ4v) is 2.65. The summed E-state index contributed by atoms with van der Waals surface area (Å²) in [5, 5.41) is 6.73. The molecule has 5 nitrogen and oxygen atoms in total. The van der Waals surface area contributed by atoms with Crippen molar-refractivity contribution in [2.45, 2.75) is 32.9 Å². The molecule has 1 aliphatic rings. The van der Waals surface area contributed by atoms with E-state index in [2.05, 4.69) is 45.4 Å². The van der Waals surface area contributed by atoms with Crippen LogP contribution in [0.2, 0.25) is 0 Å². The first-order chi connectivity index (χ1) is 10.6. The second-order valence-corrected chi connectivity index (χ2v) is 6.31. The van der Waals surface area contributed by atoms with Gasteiger partial charge in [0.05, 0.1) is 20.8 Å². The summed E-state index contributed by atoms with van der Waals surface area (Å²) in [5.74, 6) is 3.01. The monoisotopic (exact) mass is 369 g/mol. The van der Waals surface area contributed by atoms with Crippen molar-refractivity contribution in [3.8, 4) is 11.5 Å². The number of aliphatic imine (C=N–C) groups is 1. The van der Waals surface area contributed by atoms with Gasteiger partial charge in [-0.15, -0.1) is 0 Å². The van der Waals surface area contributed by atoms with Crippen molar-refractivity contribution in [1.82, 2.24) is 10.6 Å². The first kappa shape index (κ1) is 16.9. The molecule has 0 bridgehead atoms. The number of methoxy groups -OCH3 is 2. The lowest BCUT2D eigenvalue weighted by molar-refractivity contribution is 0.354. The number of halogens is 1. The minimum Gasteiger partial charge on any atom is -0.493 e. The summed E-state index contributed by atoms with van der Waals surface area (Å²) < 4.78 is 11.6. The Hall–Kier alpha value is -1.43. The van der Waals surface area contributed by atoms with Gasteiger partial charge in [-0.05, 0) is 37.0 Å². The molecule has 1 aliphatic carbocycles. The molecule has 1 fully saturated rings. The van der Waals surface area contributed by atoms with Gasteiger partial charge in [-0.2, -0.15) is 0 Å². The maximum absolute atomic E-state index is 5.35. The molecule has 2 unspecified atom stereocenters. The summed E-state index contributed by atoms with van der Waals surface area (Å²) in [4.78, 5) is 4.66.